The van der Waals surface area contributed by atoms with E-state index in [-0.39, 0.29) is 17.9 Å². The van der Waals surface area contributed by atoms with Crippen LogP contribution >= 0.6 is 0 Å². The summed E-state index contributed by atoms with van der Waals surface area (Å²) in [5.74, 6) is 0.295. The number of rotatable bonds is 5. The topological polar surface area (TPSA) is 97.7 Å². The average molecular weight is 302 g/mol. The molecule has 0 saturated carbocycles. The number of aliphatic hydroxyl groups excluding tert-OH is 1. The van der Waals surface area contributed by atoms with Crippen LogP contribution in [-0.4, -0.2) is 32.5 Å². The Kier molecular flexibility index (Phi) is 3.80. The van der Waals surface area contributed by atoms with Gasteiger partial charge in [-0.3, -0.25) is 0 Å². The lowest BCUT2D eigenvalue weighted by atomic mass is 10.2. The zero-order valence-electron chi connectivity index (χ0n) is 11.5. The van der Waals surface area contributed by atoms with Gasteiger partial charge in [0, 0.05) is 18.5 Å². The van der Waals surface area contributed by atoms with Crippen LogP contribution in [0.2, 0.25) is 0 Å². The largest absolute Gasteiger partial charge is 0.507 e. The highest BCUT2D eigenvalue weighted by Crippen LogP contribution is 2.26. The van der Waals surface area contributed by atoms with E-state index in [1.807, 2.05) is 0 Å². The van der Waals surface area contributed by atoms with E-state index < -0.39 is 11.7 Å². The second-order valence-corrected chi connectivity index (χ2v) is 4.83. The average Bonchev–Trinajstić information content (AvgIpc) is 2.97. The van der Waals surface area contributed by atoms with Crippen LogP contribution in [0.25, 0.3) is 11.0 Å². The van der Waals surface area contributed by atoms with E-state index in [2.05, 4.69) is 4.98 Å². The van der Waals surface area contributed by atoms with Gasteiger partial charge in [-0.05, 0) is 12.1 Å². The van der Waals surface area contributed by atoms with Gasteiger partial charge in [-0.15, -0.1) is 0 Å². The summed E-state index contributed by atoms with van der Waals surface area (Å²) >= 11 is 0. The van der Waals surface area contributed by atoms with Crippen molar-refractivity contribution in [2.45, 2.75) is 12.6 Å². The van der Waals surface area contributed by atoms with Crippen LogP contribution in [0, 0.1) is 0 Å². The molecular formula is C15H14N2O5. The first kappa shape index (κ1) is 14.2. The van der Waals surface area contributed by atoms with Crippen LogP contribution < -0.4 is 10.4 Å². The Hall–Kier alpha value is -2.80. The van der Waals surface area contributed by atoms with Crippen molar-refractivity contribution in [2.24, 2.45) is 0 Å². The molecule has 22 heavy (non-hydrogen) atoms. The SMILES string of the molecule is O=c1cc(O)c2ccc(OCC(O)Cn3ccnc3)cc2o1. The summed E-state index contributed by atoms with van der Waals surface area (Å²) in [6, 6.07) is 5.73. The van der Waals surface area contributed by atoms with Crippen LogP contribution in [0.4, 0.5) is 0 Å². The molecule has 0 saturated heterocycles. The van der Waals surface area contributed by atoms with Gasteiger partial charge in [-0.25, -0.2) is 9.78 Å². The maximum atomic E-state index is 11.2. The summed E-state index contributed by atoms with van der Waals surface area (Å²) in [4.78, 5) is 15.1. The predicted molar refractivity (Wildman–Crippen MR) is 77.9 cm³/mol. The second-order valence-electron chi connectivity index (χ2n) is 4.83. The molecule has 0 aliphatic rings. The molecule has 7 nitrogen and oxygen atoms in total. The molecule has 1 unspecified atom stereocenters. The van der Waals surface area contributed by atoms with Crippen molar-refractivity contribution in [3.05, 3.63) is 53.4 Å². The summed E-state index contributed by atoms with van der Waals surface area (Å²) in [6.07, 6.45) is 4.28. The third-order valence-corrected chi connectivity index (χ3v) is 3.12. The number of imidazole rings is 1. The molecule has 2 N–H and O–H groups in total. The minimum Gasteiger partial charge on any atom is -0.507 e. The highest BCUT2D eigenvalue weighted by Gasteiger charge is 2.09. The van der Waals surface area contributed by atoms with Crippen molar-refractivity contribution >= 4 is 11.0 Å². The lowest BCUT2D eigenvalue weighted by molar-refractivity contribution is 0.0925. The van der Waals surface area contributed by atoms with Crippen LogP contribution in [0.5, 0.6) is 11.5 Å². The molecule has 0 aliphatic heterocycles. The van der Waals surface area contributed by atoms with E-state index in [0.717, 1.165) is 6.07 Å². The predicted octanol–water partition coefficient (Wildman–Crippen LogP) is 1.13. The summed E-state index contributed by atoms with van der Waals surface area (Å²) in [5.41, 5.74) is -0.408. The van der Waals surface area contributed by atoms with Gasteiger partial charge in [0.05, 0.1) is 24.3 Å². The van der Waals surface area contributed by atoms with Gasteiger partial charge >= 0.3 is 5.63 Å². The molecule has 0 aliphatic carbocycles. The lowest BCUT2D eigenvalue weighted by Gasteiger charge is -2.13. The number of aromatic hydroxyl groups is 1. The zero-order chi connectivity index (χ0) is 15.5. The number of ether oxygens (including phenoxy) is 1. The first-order chi connectivity index (χ1) is 10.6. The molecule has 0 amide bonds. The molecule has 1 aromatic carbocycles. The number of aromatic nitrogens is 2. The van der Waals surface area contributed by atoms with Crippen LogP contribution in [0.1, 0.15) is 0 Å². The molecule has 3 rings (SSSR count). The first-order valence-corrected chi connectivity index (χ1v) is 6.65. The summed E-state index contributed by atoms with van der Waals surface area (Å²) in [7, 11) is 0. The fourth-order valence-electron chi connectivity index (χ4n) is 2.10. The van der Waals surface area contributed by atoms with E-state index in [1.54, 1.807) is 35.4 Å². The number of hydrogen-bond donors (Lipinski definition) is 2. The molecule has 114 valence electrons. The van der Waals surface area contributed by atoms with Crippen LogP contribution in [-0.2, 0) is 6.54 Å². The van der Waals surface area contributed by atoms with Gasteiger partial charge in [0.1, 0.15) is 29.8 Å². The standard InChI is InChI=1S/C15H14N2O5/c18-10(7-17-4-3-16-9-17)8-21-11-1-2-12-13(19)6-15(20)22-14(12)5-11/h1-6,9-10,18-19H,7-8H2. The first-order valence-electron chi connectivity index (χ1n) is 6.65. The van der Waals surface area contributed by atoms with Crippen LogP contribution in [0.15, 0.2) is 52.2 Å². The third-order valence-electron chi connectivity index (χ3n) is 3.12. The Bertz CT molecular complexity index is 826. The van der Waals surface area contributed by atoms with Gasteiger partial charge < -0.3 is 23.9 Å². The van der Waals surface area contributed by atoms with E-state index >= 15 is 0 Å². The van der Waals surface area contributed by atoms with Crippen molar-refractivity contribution in [3.63, 3.8) is 0 Å². The number of aliphatic hydroxyl groups is 1. The molecule has 2 aromatic heterocycles. The molecule has 1 atom stereocenters. The van der Waals surface area contributed by atoms with Gasteiger partial charge in [0.2, 0.25) is 0 Å². The molecule has 0 radical (unpaired) electrons. The van der Waals surface area contributed by atoms with E-state index in [9.17, 15) is 15.0 Å². The molecule has 0 spiro atoms. The number of hydrogen-bond acceptors (Lipinski definition) is 6. The molecule has 0 fully saturated rings. The normalized spacial score (nSPS) is 12.4. The van der Waals surface area contributed by atoms with E-state index in [0.29, 0.717) is 17.7 Å². The van der Waals surface area contributed by atoms with Crippen molar-refractivity contribution in [3.8, 4) is 11.5 Å². The van der Waals surface area contributed by atoms with Crippen molar-refractivity contribution in [1.82, 2.24) is 9.55 Å². The number of nitrogens with zero attached hydrogens (tertiary/aromatic N) is 2. The summed E-state index contributed by atoms with van der Waals surface area (Å²) in [5, 5.41) is 20.0. The summed E-state index contributed by atoms with van der Waals surface area (Å²) < 4.78 is 12.2. The lowest BCUT2D eigenvalue weighted by Crippen LogP contribution is -2.22. The number of benzene rings is 1. The summed E-state index contributed by atoms with van der Waals surface area (Å²) in [6.45, 7) is 0.441. The minimum atomic E-state index is -0.707. The highest BCUT2D eigenvalue weighted by atomic mass is 16.5. The van der Waals surface area contributed by atoms with Crippen molar-refractivity contribution in [2.75, 3.05) is 6.61 Å². The van der Waals surface area contributed by atoms with E-state index in [1.165, 1.54) is 6.07 Å². The Morgan fingerprint density at radius 1 is 1.36 bits per heavy atom. The minimum absolute atomic E-state index is 0.0761. The zero-order valence-corrected chi connectivity index (χ0v) is 11.5. The Morgan fingerprint density at radius 2 is 2.23 bits per heavy atom. The van der Waals surface area contributed by atoms with Gasteiger partial charge in [0.15, 0.2) is 0 Å². The molecule has 2 heterocycles. The van der Waals surface area contributed by atoms with Crippen molar-refractivity contribution in [1.29, 1.82) is 0 Å². The second kappa shape index (κ2) is 5.90. The fourth-order valence-corrected chi connectivity index (χ4v) is 2.10. The van der Waals surface area contributed by atoms with Crippen LogP contribution in [0.3, 0.4) is 0 Å². The maximum Gasteiger partial charge on any atom is 0.339 e. The number of fused-ring (bicyclic) bond motifs is 1. The Labute approximate surface area is 125 Å². The van der Waals surface area contributed by atoms with Gasteiger partial charge in [-0.2, -0.15) is 0 Å². The third kappa shape index (κ3) is 3.09. The van der Waals surface area contributed by atoms with E-state index in [4.69, 9.17) is 9.15 Å². The maximum absolute atomic E-state index is 11.2. The Balaban J connectivity index is 1.70. The van der Waals surface area contributed by atoms with Crippen molar-refractivity contribution < 1.29 is 19.4 Å². The Morgan fingerprint density at radius 3 is 3.00 bits per heavy atom. The monoisotopic (exact) mass is 302 g/mol. The van der Waals surface area contributed by atoms with Gasteiger partial charge in [-0.1, -0.05) is 0 Å². The molecule has 7 heteroatoms. The molecule has 3 aromatic rings. The quantitative estimate of drug-likeness (QED) is 0.686. The fraction of sp³-hybridized carbons (Fsp3) is 0.200. The van der Waals surface area contributed by atoms with Gasteiger partial charge in [0.25, 0.3) is 0 Å². The smallest absolute Gasteiger partial charge is 0.339 e. The molecule has 0 bridgehead atoms. The molecular weight excluding hydrogens is 288 g/mol. The highest BCUT2D eigenvalue weighted by molar-refractivity contribution is 5.83.